The largest absolute Gasteiger partial charge is 0.378 e. The zero-order valence-corrected chi connectivity index (χ0v) is 12.9. The summed E-state index contributed by atoms with van der Waals surface area (Å²) in [4.78, 5) is 28.4. The normalized spacial score (nSPS) is 22.4. The highest BCUT2D eigenvalue weighted by atomic mass is 35.5. The van der Waals surface area contributed by atoms with Crippen molar-refractivity contribution >= 4 is 23.5 Å². The highest BCUT2D eigenvalue weighted by molar-refractivity contribution is 6.31. The van der Waals surface area contributed by atoms with E-state index in [9.17, 15) is 9.59 Å². The average Bonchev–Trinajstić information content (AvgIpc) is 2.56. The summed E-state index contributed by atoms with van der Waals surface area (Å²) in [5.74, 6) is -0.194. The zero-order valence-electron chi connectivity index (χ0n) is 12.1. The van der Waals surface area contributed by atoms with Crippen molar-refractivity contribution in [2.24, 2.45) is 0 Å². The van der Waals surface area contributed by atoms with Crippen molar-refractivity contribution in [3.63, 3.8) is 0 Å². The van der Waals surface area contributed by atoms with Gasteiger partial charge in [0.2, 0.25) is 5.91 Å². The molecule has 3 rings (SSSR count). The number of amides is 3. The van der Waals surface area contributed by atoms with E-state index in [1.54, 1.807) is 28.0 Å². The molecule has 2 heterocycles. The van der Waals surface area contributed by atoms with Crippen molar-refractivity contribution in [1.82, 2.24) is 15.1 Å². The van der Waals surface area contributed by atoms with Crippen LogP contribution in [-0.2, 0) is 9.53 Å². The van der Waals surface area contributed by atoms with Crippen molar-refractivity contribution < 1.29 is 14.3 Å². The maximum atomic E-state index is 12.8. The summed E-state index contributed by atoms with van der Waals surface area (Å²) in [6.45, 7) is 3.08. The van der Waals surface area contributed by atoms with Gasteiger partial charge in [-0.3, -0.25) is 4.79 Å². The first kappa shape index (κ1) is 15.1. The zero-order chi connectivity index (χ0) is 15.5. The average molecular weight is 324 g/mol. The quantitative estimate of drug-likeness (QED) is 0.846. The molecule has 1 aromatic rings. The van der Waals surface area contributed by atoms with Crippen molar-refractivity contribution in [1.29, 1.82) is 0 Å². The monoisotopic (exact) mass is 323 g/mol. The van der Waals surface area contributed by atoms with Crippen LogP contribution >= 0.6 is 11.6 Å². The van der Waals surface area contributed by atoms with E-state index in [2.05, 4.69) is 5.32 Å². The summed E-state index contributed by atoms with van der Waals surface area (Å²) in [6, 6.07) is 6.33. The molecule has 2 aliphatic rings. The van der Waals surface area contributed by atoms with Crippen LogP contribution in [0.1, 0.15) is 11.6 Å². The lowest BCUT2D eigenvalue weighted by molar-refractivity contribution is -0.128. The molecule has 2 aliphatic heterocycles. The number of halogens is 1. The molecule has 7 heteroatoms. The van der Waals surface area contributed by atoms with Gasteiger partial charge in [-0.1, -0.05) is 29.8 Å². The van der Waals surface area contributed by atoms with Gasteiger partial charge in [-0.2, -0.15) is 0 Å². The summed E-state index contributed by atoms with van der Waals surface area (Å²) in [6.07, 6.45) is 0. The second kappa shape index (κ2) is 6.54. The van der Waals surface area contributed by atoms with Gasteiger partial charge in [0.25, 0.3) is 0 Å². The second-order valence-corrected chi connectivity index (χ2v) is 5.70. The van der Waals surface area contributed by atoms with Gasteiger partial charge in [0.05, 0.1) is 13.2 Å². The summed E-state index contributed by atoms with van der Waals surface area (Å²) in [5.41, 5.74) is 0.656. The molecule has 0 radical (unpaired) electrons. The van der Waals surface area contributed by atoms with Crippen LogP contribution in [0.25, 0.3) is 0 Å². The van der Waals surface area contributed by atoms with E-state index >= 15 is 0 Å². The predicted octanol–water partition coefficient (Wildman–Crippen LogP) is 1.27. The number of hydrogen-bond acceptors (Lipinski definition) is 3. The van der Waals surface area contributed by atoms with Crippen LogP contribution in [0.5, 0.6) is 0 Å². The lowest BCUT2D eigenvalue weighted by Crippen LogP contribution is -2.57. The smallest absolute Gasteiger partial charge is 0.321 e. The number of piperazine rings is 1. The lowest BCUT2D eigenvalue weighted by atomic mass is 10.0. The van der Waals surface area contributed by atoms with E-state index in [1.807, 2.05) is 6.07 Å². The Morgan fingerprint density at radius 1 is 1.23 bits per heavy atom. The molecule has 1 aromatic carbocycles. The van der Waals surface area contributed by atoms with Crippen molar-refractivity contribution in [2.75, 3.05) is 39.4 Å². The molecule has 2 saturated heterocycles. The first-order valence-electron chi connectivity index (χ1n) is 7.34. The molecule has 22 heavy (non-hydrogen) atoms. The van der Waals surface area contributed by atoms with Gasteiger partial charge >= 0.3 is 6.03 Å². The van der Waals surface area contributed by atoms with Crippen LogP contribution in [0, 0.1) is 0 Å². The van der Waals surface area contributed by atoms with Crippen LogP contribution in [0.3, 0.4) is 0 Å². The number of carbonyl (C=O) groups excluding carboxylic acids is 2. The fraction of sp³-hybridized carbons (Fsp3) is 0.467. The first-order chi connectivity index (χ1) is 10.7. The summed E-state index contributed by atoms with van der Waals surface area (Å²) >= 11 is 6.23. The Bertz CT molecular complexity index is 575. The van der Waals surface area contributed by atoms with E-state index in [-0.39, 0.29) is 11.9 Å². The van der Waals surface area contributed by atoms with Crippen molar-refractivity contribution in [3.05, 3.63) is 34.9 Å². The van der Waals surface area contributed by atoms with Crippen LogP contribution < -0.4 is 5.32 Å². The number of nitrogens with one attached hydrogen (secondary N) is 1. The Morgan fingerprint density at radius 2 is 1.95 bits per heavy atom. The molecule has 0 spiro atoms. The summed E-state index contributed by atoms with van der Waals surface area (Å²) in [5, 5.41) is 3.30. The topological polar surface area (TPSA) is 61.9 Å². The molecule has 1 atom stereocenters. The number of carbonyl (C=O) groups is 2. The fourth-order valence-electron chi connectivity index (χ4n) is 2.82. The van der Waals surface area contributed by atoms with E-state index in [0.29, 0.717) is 50.0 Å². The third-order valence-electron chi connectivity index (χ3n) is 3.94. The van der Waals surface area contributed by atoms with E-state index < -0.39 is 6.04 Å². The molecule has 2 fully saturated rings. The van der Waals surface area contributed by atoms with Crippen LogP contribution in [0.4, 0.5) is 4.79 Å². The van der Waals surface area contributed by atoms with Gasteiger partial charge < -0.3 is 19.9 Å². The highest BCUT2D eigenvalue weighted by Gasteiger charge is 2.37. The minimum absolute atomic E-state index is 0.136. The second-order valence-electron chi connectivity index (χ2n) is 5.29. The number of morpholine rings is 1. The number of benzene rings is 1. The maximum Gasteiger partial charge on any atom is 0.321 e. The fourth-order valence-corrected chi connectivity index (χ4v) is 3.05. The summed E-state index contributed by atoms with van der Waals surface area (Å²) in [7, 11) is 0. The number of nitrogens with zero attached hydrogens (tertiary/aromatic N) is 2. The minimum atomic E-state index is -0.683. The Morgan fingerprint density at radius 3 is 2.68 bits per heavy atom. The Balaban J connectivity index is 1.88. The van der Waals surface area contributed by atoms with E-state index in [4.69, 9.17) is 16.3 Å². The maximum absolute atomic E-state index is 12.8. The third kappa shape index (κ3) is 2.89. The first-order valence-corrected chi connectivity index (χ1v) is 7.71. The molecule has 1 unspecified atom stereocenters. The van der Waals surface area contributed by atoms with Crippen LogP contribution in [0.15, 0.2) is 24.3 Å². The Kier molecular flexibility index (Phi) is 4.49. The molecule has 1 N–H and O–H groups in total. The molecule has 3 amide bonds. The van der Waals surface area contributed by atoms with Gasteiger partial charge in [0, 0.05) is 36.8 Å². The Labute approximate surface area is 134 Å². The van der Waals surface area contributed by atoms with Gasteiger partial charge in [0.1, 0.15) is 6.04 Å². The highest BCUT2D eigenvalue weighted by Crippen LogP contribution is 2.30. The molecule has 118 valence electrons. The van der Waals surface area contributed by atoms with Crippen molar-refractivity contribution in [3.8, 4) is 0 Å². The molecule has 0 aliphatic carbocycles. The van der Waals surface area contributed by atoms with Gasteiger partial charge in [0.15, 0.2) is 0 Å². The summed E-state index contributed by atoms with van der Waals surface area (Å²) < 4.78 is 5.28. The SMILES string of the molecule is O=C1NCCN(C(=O)N2CCOCC2)C1c1ccccc1Cl. The molecule has 6 nitrogen and oxygen atoms in total. The Hall–Kier alpha value is -1.79. The standard InChI is InChI=1S/C15H18ClN3O3/c16-12-4-2-1-3-11(12)13-14(20)17-5-6-19(13)15(21)18-7-9-22-10-8-18/h1-4,13H,5-10H2,(H,17,20). The van der Waals surface area contributed by atoms with Gasteiger partial charge in [-0.25, -0.2) is 4.79 Å². The van der Waals surface area contributed by atoms with E-state index in [0.717, 1.165) is 0 Å². The van der Waals surface area contributed by atoms with Crippen LogP contribution in [-0.4, -0.2) is 61.1 Å². The van der Waals surface area contributed by atoms with E-state index in [1.165, 1.54) is 0 Å². The third-order valence-corrected chi connectivity index (χ3v) is 4.28. The lowest BCUT2D eigenvalue weighted by Gasteiger charge is -2.39. The molecular formula is C15H18ClN3O3. The molecule has 0 aromatic heterocycles. The molecule has 0 saturated carbocycles. The number of urea groups is 1. The minimum Gasteiger partial charge on any atom is -0.378 e. The number of rotatable bonds is 1. The predicted molar refractivity (Wildman–Crippen MR) is 81.7 cm³/mol. The van der Waals surface area contributed by atoms with Gasteiger partial charge in [-0.05, 0) is 6.07 Å². The molecule has 0 bridgehead atoms. The van der Waals surface area contributed by atoms with Gasteiger partial charge in [-0.15, -0.1) is 0 Å². The van der Waals surface area contributed by atoms with Crippen LogP contribution in [0.2, 0.25) is 5.02 Å². The van der Waals surface area contributed by atoms with Crippen molar-refractivity contribution in [2.45, 2.75) is 6.04 Å². The number of hydrogen-bond donors (Lipinski definition) is 1. The molecular weight excluding hydrogens is 306 g/mol. The number of ether oxygens (including phenoxy) is 1.